The lowest BCUT2D eigenvalue weighted by Gasteiger charge is -2.11. The lowest BCUT2D eigenvalue weighted by Crippen LogP contribution is -2.12. The molecule has 0 saturated heterocycles. The zero-order valence-electron chi connectivity index (χ0n) is 6.98. The van der Waals surface area contributed by atoms with Gasteiger partial charge in [0.2, 0.25) is 0 Å². The van der Waals surface area contributed by atoms with Gasteiger partial charge < -0.3 is 5.32 Å². The number of hydrogen-bond acceptors (Lipinski definition) is 1. The monoisotopic (exact) mass is 139 g/mol. The van der Waals surface area contributed by atoms with Gasteiger partial charge in [-0.15, -0.1) is 0 Å². The maximum absolute atomic E-state index is 3.98. The summed E-state index contributed by atoms with van der Waals surface area (Å²) in [5.41, 5.74) is 1.23. The fourth-order valence-electron chi connectivity index (χ4n) is 1.73. The van der Waals surface area contributed by atoms with E-state index in [1.807, 2.05) is 7.05 Å². The first-order chi connectivity index (χ1) is 4.74. The van der Waals surface area contributed by atoms with Crippen molar-refractivity contribution in [3.8, 4) is 0 Å². The highest BCUT2D eigenvalue weighted by Crippen LogP contribution is 2.33. The molecule has 1 heteroatoms. The Morgan fingerprint density at radius 2 is 2.20 bits per heavy atom. The molecule has 0 aromatic carbocycles. The molecule has 10 heavy (non-hydrogen) atoms. The van der Waals surface area contributed by atoms with E-state index in [1.165, 1.54) is 25.0 Å². The van der Waals surface area contributed by atoms with E-state index in [2.05, 4.69) is 18.8 Å². The van der Waals surface area contributed by atoms with Crippen LogP contribution in [-0.2, 0) is 0 Å². The molecule has 2 atom stereocenters. The van der Waals surface area contributed by atoms with Gasteiger partial charge in [-0.2, -0.15) is 0 Å². The summed E-state index contributed by atoms with van der Waals surface area (Å²) < 4.78 is 0. The van der Waals surface area contributed by atoms with Crippen LogP contribution >= 0.6 is 0 Å². The maximum Gasteiger partial charge on any atom is 0.00626 e. The molecule has 0 aromatic rings. The van der Waals surface area contributed by atoms with E-state index in [1.54, 1.807) is 0 Å². The second-order valence-corrected chi connectivity index (χ2v) is 3.39. The molecule has 0 spiro atoms. The molecule has 1 saturated carbocycles. The highest BCUT2D eigenvalue weighted by Gasteiger charge is 2.22. The Hall–Kier alpha value is -0.460. The summed E-state index contributed by atoms with van der Waals surface area (Å²) in [5.74, 6) is 1.66. The number of nitrogens with one attached hydrogen (secondary N) is 1. The summed E-state index contributed by atoms with van der Waals surface area (Å²) in [5, 5.41) is 3.13. The van der Waals surface area contributed by atoms with Gasteiger partial charge in [0.1, 0.15) is 0 Å². The zero-order valence-corrected chi connectivity index (χ0v) is 6.98. The first-order valence-corrected chi connectivity index (χ1v) is 4.10. The molecule has 0 heterocycles. The van der Waals surface area contributed by atoms with E-state index < -0.39 is 0 Å². The molecule has 1 aliphatic rings. The van der Waals surface area contributed by atoms with Crippen LogP contribution in [0.3, 0.4) is 0 Å². The minimum absolute atomic E-state index is 0.750. The molecule has 0 radical (unpaired) electrons. The molecule has 1 nitrogen and oxygen atoms in total. The minimum atomic E-state index is 0.750. The first-order valence-electron chi connectivity index (χ1n) is 4.10. The largest absolute Gasteiger partial charge is 0.392 e. The smallest absolute Gasteiger partial charge is 0.00626 e. The molecule has 1 N–H and O–H groups in total. The van der Waals surface area contributed by atoms with Gasteiger partial charge in [0, 0.05) is 12.7 Å². The van der Waals surface area contributed by atoms with Gasteiger partial charge >= 0.3 is 0 Å². The van der Waals surface area contributed by atoms with Crippen molar-refractivity contribution in [2.75, 3.05) is 7.05 Å². The topological polar surface area (TPSA) is 12.0 Å². The molecular formula is C9H17N. The van der Waals surface area contributed by atoms with Crippen LogP contribution in [0.2, 0.25) is 0 Å². The molecule has 58 valence electrons. The fourth-order valence-corrected chi connectivity index (χ4v) is 1.73. The molecule has 0 amide bonds. The Bertz CT molecular complexity index is 129. The zero-order chi connectivity index (χ0) is 7.56. The molecule has 1 aliphatic carbocycles. The summed E-state index contributed by atoms with van der Waals surface area (Å²) in [6.45, 7) is 6.30. The summed E-state index contributed by atoms with van der Waals surface area (Å²) in [6, 6.07) is 0. The van der Waals surface area contributed by atoms with Gasteiger partial charge in [-0.3, -0.25) is 0 Å². The maximum atomic E-state index is 3.98. The average Bonchev–Trinajstić information content (AvgIpc) is 2.34. The third kappa shape index (κ3) is 1.53. The Kier molecular flexibility index (Phi) is 2.36. The lowest BCUT2D eigenvalue weighted by molar-refractivity contribution is 0.554. The molecule has 0 bridgehead atoms. The minimum Gasteiger partial charge on any atom is -0.392 e. The van der Waals surface area contributed by atoms with Crippen LogP contribution in [0.1, 0.15) is 26.2 Å². The summed E-state index contributed by atoms with van der Waals surface area (Å²) in [6.07, 6.45) is 4.05. The molecule has 2 unspecified atom stereocenters. The van der Waals surface area contributed by atoms with Crippen LogP contribution in [0.25, 0.3) is 0 Å². The van der Waals surface area contributed by atoms with Crippen LogP contribution in [-0.4, -0.2) is 7.05 Å². The first kappa shape index (κ1) is 7.64. The van der Waals surface area contributed by atoms with Crippen molar-refractivity contribution in [1.29, 1.82) is 0 Å². The van der Waals surface area contributed by atoms with Crippen molar-refractivity contribution < 1.29 is 0 Å². The van der Waals surface area contributed by atoms with Crippen molar-refractivity contribution in [2.45, 2.75) is 26.2 Å². The number of allylic oxidation sites excluding steroid dienone is 1. The van der Waals surface area contributed by atoms with Gasteiger partial charge in [-0.05, 0) is 24.7 Å². The van der Waals surface area contributed by atoms with Gasteiger partial charge in [0.15, 0.2) is 0 Å². The molecule has 1 fully saturated rings. The van der Waals surface area contributed by atoms with E-state index in [0.29, 0.717) is 0 Å². The van der Waals surface area contributed by atoms with Crippen LogP contribution in [0.5, 0.6) is 0 Å². The second-order valence-electron chi connectivity index (χ2n) is 3.39. The van der Waals surface area contributed by atoms with Crippen LogP contribution in [0.15, 0.2) is 12.3 Å². The SMILES string of the molecule is C=C(NC)C1CCC(C)C1. The predicted octanol–water partition coefficient (Wildman–Crippen LogP) is 2.16. The summed E-state index contributed by atoms with van der Waals surface area (Å²) >= 11 is 0. The van der Waals surface area contributed by atoms with Gasteiger partial charge in [-0.25, -0.2) is 0 Å². The van der Waals surface area contributed by atoms with Crippen molar-refractivity contribution in [3.63, 3.8) is 0 Å². The standard InChI is InChI=1S/C9H17N/c1-7-4-5-9(6-7)8(2)10-3/h7,9-10H,2,4-6H2,1,3H3. The Morgan fingerprint density at radius 1 is 1.50 bits per heavy atom. The van der Waals surface area contributed by atoms with E-state index in [4.69, 9.17) is 0 Å². The third-order valence-electron chi connectivity index (χ3n) is 2.51. The van der Waals surface area contributed by atoms with Crippen molar-refractivity contribution >= 4 is 0 Å². The van der Waals surface area contributed by atoms with Gasteiger partial charge in [-0.1, -0.05) is 19.9 Å². The van der Waals surface area contributed by atoms with Crippen LogP contribution in [0, 0.1) is 11.8 Å². The molecule has 0 aliphatic heterocycles. The molecule has 1 rings (SSSR count). The predicted molar refractivity (Wildman–Crippen MR) is 44.7 cm³/mol. The van der Waals surface area contributed by atoms with E-state index in [9.17, 15) is 0 Å². The average molecular weight is 139 g/mol. The van der Waals surface area contributed by atoms with Gasteiger partial charge in [0.25, 0.3) is 0 Å². The van der Waals surface area contributed by atoms with Gasteiger partial charge in [0.05, 0.1) is 0 Å². The summed E-state index contributed by atoms with van der Waals surface area (Å²) in [7, 11) is 1.96. The quantitative estimate of drug-likeness (QED) is 0.618. The Labute approximate surface area is 63.5 Å². The normalized spacial score (nSPS) is 32.2. The fraction of sp³-hybridized carbons (Fsp3) is 0.778. The third-order valence-corrected chi connectivity index (χ3v) is 2.51. The van der Waals surface area contributed by atoms with Crippen molar-refractivity contribution in [3.05, 3.63) is 12.3 Å². The number of hydrogen-bond donors (Lipinski definition) is 1. The highest BCUT2D eigenvalue weighted by atomic mass is 14.8. The highest BCUT2D eigenvalue weighted by molar-refractivity contribution is 4.99. The second kappa shape index (κ2) is 3.09. The Morgan fingerprint density at radius 3 is 2.60 bits per heavy atom. The molecular weight excluding hydrogens is 122 g/mol. The molecule has 0 aromatic heterocycles. The lowest BCUT2D eigenvalue weighted by atomic mass is 10.0. The van der Waals surface area contributed by atoms with Crippen molar-refractivity contribution in [1.82, 2.24) is 5.32 Å². The van der Waals surface area contributed by atoms with Crippen molar-refractivity contribution in [2.24, 2.45) is 11.8 Å². The van der Waals surface area contributed by atoms with E-state index in [0.717, 1.165) is 11.8 Å². The van der Waals surface area contributed by atoms with E-state index >= 15 is 0 Å². The number of rotatable bonds is 2. The Balaban J connectivity index is 2.37. The summed E-state index contributed by atoms with van der Waals surface area (Å²) in [4.78, 5) is 0. The van der Waals surface area contributed by atoms with Crippen LogP contribution < -0.4 is 5.32 Å². The van der Waals surface area contributed by atoms with Crippen LogP contribution in [0.4, 0.5) is 0 Å². The van der Waals surface area contributed by atoms with E-state index in [-0.39, 0.29) is 0 Å².